The van der Waals surface area contributed by atoms with Crippen molar-refractivity contribution in [2.45, 2.75) is 20.8 Å². The summed E-state index contributed by atoms with van der Waals surface area (Å²) in [5.41, 5.74) is 4.18. The van der Waals surface area contributed by atoms with E-state index in [0.717, 1.165) is 0 Å². The van der Waals surface area contributed by atoms with Crippen molar-refractivity contribution in [2.24, 2.45) is 0 Å². The predicted octanol–water partition coefficient (Wildman–Crippen LogP) is 2.30. The van der Waals surface area contributed by atoms with Crippen LogP contribution in [-0.2, 0) is 3.80 Å². The van der Waals surface area contributed by atoms with Gasteiger partial charge in [0.1, 0.15) is 0 Å². The summed E-state index contributed by atoms with van der Waals surface area (Å²) in [6.07, 6.45) is 0. The van der Waals surface area contributed by atoms with Crippen molar-refractivity contribution in [3.8, 4) is 0 Å². The van der Waals surface area contributed by atoms with Gasteiger partial charge in [-0.2, -0.15) is 0 Å². The molecule has 0 bridgehead atoms. The minimum absolute atomic E-state index is 1.03. The first-order valence-electron chi connectivity index (χ1n) is 3.90. The van der Waals surface area contributed by atoms with Gasteiger partial charge in [-0.3, -0.25) is 0 Å². The van der Waals surface area contributed by atoms with Crippen molar-refractivity contribution in [3.05, 3.63) is 28.8 Å². The molecule has 0 radical (unpaired) electrons. The minimum atomic E-state index is -1.03. The zero-order chi connectivity index (χ0) is 10.4. The molecule has 0 aromatic heterocycles. The number of aryl methyl sites for hydroxylation is 1. The van der Waals surface area contributed by atoms with E-state index in [2.05, 4.69) is 52.2 Å². The first-order chi connectivity index (χ1) is 6.04. The van der Waals surface area contributed by atoms with Crippen LogP contribution in [0.1, 0.15) is 16.7 Å². The maximum atomic E-state index is 8.78. The Morgan fingerprint density at radius 2 is 1.69 bits per heavy atom. The van der Waals surface area contributed by atoms with E-state index in [1.54, 1.807) is 0 Å². The van der Waals surface area contributed by atoms with E-state index in [1.165, 1.54) is 22.0 Å². The van der Waals surface area contributed by atoms with E-state index in [4.69, 9.17) is 3.80 Å². The Morgan fingerprint density at radius 1 is 1.23 bits per heavy atom. The van der Waals surface area contributed by atoms with Crippen LogP contribution in [0, 0.1) is 20.8 Å². The normalized spacial score (nSPS) is 8.38. The number of hydrogen-bond donors (Lipinski definition) is 0. The fourth-order valence-electron chi connectivity index (χ4n) is 0.977. The van der Waals surface area contributed by atoms with Crippen LogP contribution in [0.5, 0.6) is 0 Å². The fourth-order valence-corrected chi connectivity index (χ4v) is 1.29. The third kappa shape index (κ3) is 4.34. The van der Waals surface area contributed by atoms with E-state index >= 15 is 0 Å². The summed E-state index contributed by atoms with van der Waals surface area (Å²) in [4.78, 5) is 0. The molecule has 1 rings (SSSR count). The molecule has 0 saturated carbocycles. The molecule has 0 fully saturated rings. The molecular weight excluding hydrogens is 218 g/mol. The van der Waals surface area contributed by atoms with Gasteiger partial charge in [0.15, 0.2) is 0 Å². The van der Waals surface area contributed by atoms with Gasteiger partial charge in [-0.25, -0.2) is 0 Å². The third-order valence-electron chi connectivity index (χ3n) is 2.10. The molecule has 70 valence electrons. The van der Waals surface area contributed by atoms with Crippen LogP contribution in [-0.4, -0.2) is 14.2 Å². The van der Waals surface area contributed by atoms with Gasteiger partial charge in [0, 0.05) is 0 Å². The fraction of sp³-hybridized carbons (Fsp3) is 0.333. The van der Waals surface area contributed by atoms with Crippen molar-refractivity contribution in [2.75, 3.05) is 0 Å². The summed E-state index contributed by atoms with van der Waals surface area (Å²) in [7, 11) is 7.27. The van der Waals surface area contributed by atoms with Crippen LogP contribution in [0.4, 0.5) is 0 Å². The molecule has 0 saturated heterocycles. The Kier molecular flexibility index (Phi) is 6.83. The summed E-state index contributed by atoms with van der Waals surface area (Å²) in [5.74, 6) is 0. The Bertz CT molecular complexity index is 275. The SMILES string of the molecule is Cc1ccc(P)c(C)c1C.[O]=[Al][Cl]. The molecule has 13 heavy (non-hydrogen) atoms. The van der Waals surface area contributed by atoms with Crippen LogP contribution in [0.15, 0.2) is 12.1 Å². The molecule has 4 heteroatoms. The van der Waals surface area contributed by atoms with E-state index in [0.29, 0.717) is 0 Å². The molecule has 0 heterocycles. The summed E-state index contributed by atoms with van der Waals surface area (Å²) >= 11 is -1.03. The third-order valence-corrected chi connectivity index (χ3v) is 2.73. The van der Waals surface area contributed by atoms with E-state index in [9.17, 15) is 0 Å². The molecule has 1 nitrogen and oxygen atoms in total. The molecule has 0 amide bonds. The molecule has 1 unspecified atom stereocenters. The number of benzene rings is 1. The van der Waals surface area contributed by atoms with Gasteiger partial charge in [0.05, 0.1) is 0 Å². The van der Waals surface area contributed by atoms with E-state index in [1.807, 2.05) is 0 Å². The number of hydrogen-bond acceptors (Lipinski definition) is 1. The number of halogens is 1. The van der Waals surface area contributed by atoms with Crippen molar-refractivity contribution >= 4 is 38.8 Å². The second-order valence-corrected chi connectivity index (χ2v) is 4.15. The molecule has 1 atom stereocenters. The average molecular weight is 231 g/mol. The standard InChI is InChI=1S/C9H13P.Al.ClH.O/c1-6-4-5-9(10)8(3)7(6)2;;;/h4-5H,10H2,1-3H3;;1H;/q;+1;;/p-1. The van der Waals surface area contributed by atoms with Crippen molar-refractivity contribution < 1.29 is 3.80 Å². The Balaban J connectivity index is 0.000000424. The zero-order valence-electron chi connectivity index (χ0n) is 8.10. The molecular formula is C9H13AlClOP. The van der Waals surface area contributed by atoms with Gasteiger partial charge in [-0.05, 0) is 42.8 Å². The van der Waals surface area contributed by atoms with Crippen LogP contribution < -0.4 is 5.30 Å². The van der Waals surface area contributed by atoms with Crippen molar-refractivity contribution in [3.63, 3.8) is 0 Å². The van der Waals surface area contributed by atoms with Gasteiger partial charge < -0.3 is 0 Å². The summed E-state index contributed by atoms with van der Waals surface area (Å²) < 4.78 is 8.78. The van der Waals surface area contributed by atoms with Crippen LogP contribution in [0.2, 0.25) is 0 Å². The summed E-state index contributed by atoms with van der Waals surface area (Å²) in [6.45, 7) is 6.47. The maximum absolute atomic E-state index is 8.78. The molecule has 1 aromatic carbocycles. The van der Waals surface area contributed by atoms with Crippen LogP contribution >= 0.6 is 19.3 Å². The number of rotatable bonds is 0. The van der Waals surface area contributed by atoms with Crippen molar-refractivity contribution in [1.29, 1.82) is 0 Å². The van der Waals surface area contributed by atoms with Gasteiger partial charge in [0.2, 0.25) is 0 Å². The summed E-state index contributed by atoms with van der Waals surface area (Å²) in [6, 6.07) is 4.30. The van der Waals surface area contributed by atoms with E-state index < -0.39 is 14.2 Å². The monoisotopic (exact) mass is 230 g/mol. The molecule has 0 aliphatic rings. The average Bonchev–Trinajstić information content (AvgIpc) is 2.10. The Hall–Kier alpha value is 0.272. The first-order valence-corrected chi connectivity index (χ1v) is 6.70. The van der Waals surface area contributed by atoms with Gasteiger partial charge in [0.25, 0.3) is 0 Å². The molecule has 0 aliphatic heterocycles. The predicted molar refractivity (Wildman–Crippen MR) is 62.3 cm³/mol. The van der Waals surface area contributed by atoms with Gasteiger partial charge in [-0.15, -0.1) is 9.24 Å². The van der Waals surface area contributed by atoms with Gasteiger partial charge >= 0.3 is 28.1 Å². The molecule has 1 aromatic rings. The molecule has 0 aliphatic carbocycles. The molecule has 0 N–H and O–H groups in total. The quantitative estimate of drug-likeness (QED) is 0.494. The molecule has 0 spiro atoms. The van der Waals surface area contributed by atoms with E-state index in [-0.39, 0.29) is 0 Å². The van der Waals surface area contributed by atoms with Crippen molar-refractivity contribution in [1.82, 2.24) is 0 Å². The summed E-state index contributed by atoms with van der Waals surface area (Å²) in [5, 5.41) is 1.31. The Morgan fingerprint density at radius 3 is 2.08 bits per heavy atom. The second kappa shape index (κ2) is 6.69. The first kappa shape index (κ1) is 13.3. The van der Waals surface area contributed by atoms with Crippen LogP contribution in [0.25, 0.3) is 0 Å². The second-order valence-electron chi connectivity index (χ2n) is 2.81. The van der Waals surface area contributed by atoms with Gasteiger partial charge in [-0.1, -0.05) is 12.1 Å². The Labute approximate surface area is 92.2 Å². The topological polar surface area (TPSA) is 17.1 Å². The zero-order valence-corrected chi connectivity index (χ0v) is 11.2. The van der Waals surface area contributed by atoms with Crippen LogP contribution in [0.3, 0.4) is 0 Å².